The lowest BCUT2D eigenvalue weighted by molar-refractivity contribution is -0.385. The Balaban J connectivity index is 1.74. The number of anilines is 2. The van der Waals surface area contributed by atoms with E-state index in [0.717, 1.165) is 6.07 Å². The molecule has 0 spiro atoms. The number of nitrogens with one attached hydrogen (secondary N) is 2. The highest BCUT2D eigenvalue weighted by molar-refractivity contribution is 7.92. The van der Waals surface area contributed by atoms with E-state index in [1.807, 2.05) is 0 Å². The van der Waals surface area contributed by atoms with Gasteiger partial charge >= 0.3 is 0 Å². The summed E-state index contributed by atoms with van der Waals surface area (Å²) >= 11 is 0. The van der Waals surface area contributed by atoms with Gasteiger partial charge in [-0.25, -0.2) is 8.42 Å². The predicted octanol–water partition coefficient (Wildman–Crippen LogP) is 3.04. The van der Waals surface area contributed by atoms with Crippen molar-refractivity contribution in [3.8, 4) is 0 Å². The number of non-ortho nitro benzene ring substituents is 1. The molecule has 0 saturated carbocycles. The molecular formula is C18H14N4O5S. The minimum absolute atomic E-state index is 0.215. The van der Waals surface area contributed by atoms with Gasteiger partial charge in [-0.2, -0.15) is 0 Å². The van der Waals surface area contributed by atoms with E-state index in [0.29, 0.717) is 11.3 Å². The van der Waals surface area contributed by atoms with Gasteiger partial charge < -0.3 is 5.32 Å². The lowest BCUT2D eigenvalue weighted by atomic mass is 10.2. The molecule has 9 nitrogen and oxygen atoms in total. The maximum absolute atomic E-state index is 12.4. The maximum atomic E-state index is 12.4. The van der Waals surface area contributed by atoms with Crippen LogP contribution in [0.25, 0.3) is 0 Å². The molecule has 28 heavy (non-hydrogen) atoms. The number of benzene rings is 2. The van der Waals surface area contributed by atoms with Crippen molar-refractivity contribution in [2.24, 2.45) is 0 Å². The fourth-order valence-corrected chi connectivity index (χ4v) is 3.40. The first-order valence-electron chi connectivity index (χ1n) is 7.94. The average Bonchev–Trinajstić information content (AvgIpc) is 2.69. The number of amides is 1. The van der Waals surface area contributed by atoms with Crippen LogP contribution < -0.4 is 10.0 Å². The van der Waals surface area contributed by atoms with Crippen molar-refractivity contribution in [1.29, 1.82) is 0 Å². The van der Waals surface area contributed by atoms with Crippen molar-refractivity contribution in [3.05, 3.63) is 88.7 Å². The molecule has 1 aromatic heterocycles. The highest BCUT2D eigenvalue weighted by atomic mass is 32.2. The van der Waals surface area contributed by atoms with Crippen LogP contribution >= 0.6 is 0 Å². The number of carbonyl (C=O) groups is 1. The van der Waals surface area contributed by atoms with Crippen molar-refractivity contribution in [3.63, 3.8) is 0 Å². The summed E-state index contributed by atoms with van der Waals surface area (Å²) in [5.41, 5.74) is 0.795. The molecule has 0 atom stereocenters. The van der Waals surface area contributed by atoms with Gasteiger partial charge in [0.2, 0.25) is 0 Å². The van der Waals surface area contributed by atoms with E-state index in [2.05, 4.69) is 15.0 Å². The standard InChI is InChI=1S/C18H14N4O5S/c23-18(20-14-8-10-19-11-9-14)13-4-6-15(7-5-13)21-28(26,27)17-3-1-2-16(12-17)22(24)25/h1-12,21H,(H,19,20,23). The molecule has 0 aliphatic heterocycles. The monoisotopic (exact) mass is 398 g/mol. The van der Waals surface area contributed by atoms with Crippen molar-refractivity contribution in [1.82, 2.24) is 4.98 Å². The molecule has 1 amide bonds. The molecule has 0 radical (unpaired) electrons. The van der Waals surface area contributed by atoms with Gasteiger partial charge in [-0.15, -0.1) is 0 Å². The van der Waals surface area contributed by atoms with Crippen LogP contribution in [0.2, 0.25) is 0 Å². The summed E-state index contributed by atoms with van der Waals surface area (Å²) in [4.78, 5) is 26.0. The number of nitro groups is 1. The number of hydrogen-bond acceptors (Lipinski definition) is 6. The third-order valence-electron chi connectivity index (χ3n) is 3.68. The van der Waals surface area contributed by atoms with Gasteiger partial charge in [-0.1, -0.05) is 6.07 Å². The molecule has 3 rings (SSSR count). The molecule has 10 heteroatoms. The minimum Gasteiger partial charge on any atom is -0.322 e. The summed E-state index contributed by atoms with van der Waals surface area (Å²) in [5, 5.41) is 13.5. The van der Waals surface area contributed by atoms with Gasteiger partial charge in [0.05, 0.1) is 9.82 Å². The summed E-state index contributed by atoms with van der Waals surface area (Å²) in [5.74, 6) is -0.362. The van der Waals surface area contributed by atoms with Crippen LogP contribution in [0, 0.1) is 10.1 Å². The molecule has 0 fully saturated rings. The van der Waals surface area contributed by atoms with Gasteiger partial charge in [0, 0.05) is 41.5 Å². The van der Waals surface area contributed by atoms with Crippen LogP contribution in [0.3, 0.4) is 0 Å². The zero-order valence-electron chi connectivity index (χ0n) is 14.3. The summed E-state index contributed by atoms with van der Waals surface area (Å²) in [6.45, 7) is 0. The second kappa shape index (κ2) is 7.84. The largest absolute Gasteiger partial charge is 0.322 e. The van der Waals surface area contributed by atoms with Gasteiger partial charge in [0.1, 0.15) is 0 Å². The lowest BCUT2D eigenvalue weighted by Gasteiger charge is -2.09. The molecule has 142 valence electrons. The van der Waals surface area contributed by atoms with E-state index in [9.17, 15) is 23.3 Å². The molecule has 2 aromatic carbocycles. The van der Waals surface area contributed by atoms with E-state index >= 15 is 0 Å². The second-order valence-electron chi connectivity index (χ2n) is 5.63. The fraction of sp³-hybridized carbons (Fsp3) is 0. The number of aromatic nitrogens is 1. The third-order valence-corrected chi connectivity index (χ3v) is 5.06. The second-order valence-corrected chi connectivity index (χ2v) is 7.31. The SMILES string of the molecule is O=C(Nc1ccncc1)c1ccc(NS(=O)(=O)c2cccc([N+](=O)[O-])c2)cc1. The quantitative estimate of drug-likeness (QED) is 0.485. The Hall–Kier alpha value is -3.79. The van der Waals surface area contributed by atoms with Crippen LogP contribution in [0.5, 0.6) is 0 Å². The summed E-state index contributed by atoms with van der Waals surface area (Å²) in [7, 11) is -4.01. The average molecular weight is 398 g/mol. The molecule has 2 N–H and O–H groups in total. The normalized spacial score (nSPS) is 10.9. The van der Waals surface area contributed by atoms with Crippen LogP contribution in [0.4, 0.5) is 17.1 Å². The number of nitro benzene ring substituents is 1. The Morgan fingerprint density at radius 2 is 1.64 bits per heavy atom. The number of carbonyl (C=O) groups excluding carboxylic acids is 1. The number of nitrogens with zero attached hydrogens (tertiary/aromatic N) is 2. The Bertz CT molecular complexity index is 1120. The van der Waals surface area contributed by atoms with Gasteiger partial charge in [0.15, 0.2) is 0 Å². The molecule has 0 aliphatic carbocycles. The molecule has 0 saturated heterocycles. The Kier molecular flexibility index (Phi) is 5.32. The number of rotatable bonds is 6. The van der Waals surface area contributed by atoms with Crippen LogP contribution in [-0.2, 0) is 10.0 Å². The lowest BCUT2D eigenvalue weighted by Crippen LogP contribution is -2.14. The maximum Gasteiger partial charge on any atom is 0.270 e. The van der Waals surface area contributed by atoms with Crippen LogP contribution in [-0.4, -0.2) is 24.2 Å². The van der Waals surface area contributed by atoms with E-state index in [1.54, 1.807) is 24.5 Å². The van der Waals surface area contributed by atoms with Crippen molar-refractivity contribution in [2.75, 3.05) is 10.0 Å². The Morgan fingerprint density at radius 1 is 0.964 bits per heavy atom. The fourth-order valence-electron chi connectivity index (χ4n) is 2.31. The first kappa shape index (κ1) is 19.0. The van der Waals surface area contributed by atoms with Gasteiger partial charge in [0.25, 0.3) is 21.6 Å². The first-order valence-corrected chi connectivity index (χ1v) is 9.42. The molecular weight excluding hydrogens is 384 g/mol. The zero-order chi connectivity index (χ0) is 20.1. The summed E-state index contributed by atoms with van der Waals surface area (Å²) < 4.78 is 27.2. The third kappa shape index (κ3) is 4.48. The smallest absolute Gasteiger partial charge is 0.270 e. The molecule has 0 bridgehead atoms. The van der Waals surface area contributed by atoms with Crippen molar-refractivity contribution in [2.45, 2.75) is 4.90 Å². The Labute approximate surface area is 160 Å². The predicted molar refractivity (Wildman–Crippen MR) is 103 cm³/mol. The number of pyridine rings is 1. The van der Waals surface area contributed by atoms with E-state index in [1.165, 1.54) is 42.5 Å². The molecule has 3 aromatic rings. The minimum atomic E-state index is -4.01. The molecule has 0 aliphatic rings. The highest BCUT2D eigenvalue weighted by Gasteiger charge is 2.18. The summed E-state index contributed by atoms with van der Waals surface area (Å²) in [6.07, 6.45) is 3.09. The van der Waals surface area contributed by atoms with Crippen molar-refractivity contribution >= 4 is 33.0 Å². The van der Waals surface area contributed by atoms with E-state index in [4.69, 9.17) is 0 Å². The zero-order valence-corrected chi connectivity index (χ0v) is 15.1. The highest BCUT2D eigenvalue weighted by Crippen LogP contribution is 2.21. The van der Waals surface area contributed by atoms with E-state index < -0.39 is 14.9 Å². The van der Waals surface area contributed by atoms with Crippen molar-refractivity contribution < 1.29 is 18.1 Å². The Morgan fingerprint density at radius 3 is 2.29 bits per heavy atom. The van der Waals surface area contributed by atoms with Crippen LogP contribution in [0.1, 0.15) is 10.4 Å². The van der Waals surface area contributed by atoms with Gasteiger partial charge in [-0.05, 0) is 42.5 Å². The van der Waals surface area contributed by atoms with Gasteiger partial charge in [-0.3, -0.25) is 24.6 Å². The number of hydrogen-bond donors (Lipinski definition) is 2. The first-order chi connectivity index (χ1) is 13.3. The molecule has 0 unspecified atom stereocenters. The number of sulfonamides is 1. The van der Waals surface area contributed by atoms with Crippen LogP contribution in [0.15, 0.2) is 78.0 Å². The van der Waals surface area contributed by atoms with E-state index in [-0.39, 0.29) is 22.2 Å². The molecule has 1 heterocycles. The topological polar surface area (TPSA) is 131 Å². The summed E-state index contributed by atoms with van der Waals surface area (Å²) in [6, 6.07) is 13.8.